The molecule has 160 valence electrons. The van der Waals surface area contributed by atoms with Gasteiger partial charge in [0.05, 0.1) is 4.91 Å². The van der Waals surface area contributed by atoms with Crippen molar-refractivity contribution >= 4 is 39.9 Å². The summed E-state index contributed by atoms with van der Waals surface area (Å²) in [5.41, 5.74) is 5.95. The second kappa shape index (κ2) is 8.64. The molecule has 1 amide bonds. The van der Waals surface area contributed by atoms with Crippen LogP contribution in [0, 0.1) is 0 Å². The number of hydrogen-bond acceptors (Lipinski definition) is 4. The average Bonchev–Trinajstić information content (AvgIpc) is 3.14. The third-order valence-corrected chi connectivity index (χ3v) is 7.54. The van der Waals surface area contributed by atoms with Gasteiger partial charge < -0.3 is 4.90 Å². The summed E-state index contributed by atoms with van der Waals surface area (Å²) in [7, 11) is 2.10. The van der Waals surface area contributed by atoms with Crippen molar-refractivity contribution in [2.45, 2.75) is 39.0 Å². The van der Waals surface area contributed by atoms with E-state index in [1.807, 2.05) is 12.1 Å². The third kappa shape index (κ3) is 3.97. The van der Waals surface area contributed by atoms with Gasteiger partial charge in [0, 0.05) is 30.4 Å². The van der Waals surface area contributed by atoms with Crippen molar-refractivity contribution in [2.24, 2.45) is 0 Å². The van der Waals surface area contributed by atoms with E-state index in [4.69, 9.17) is 12.2 Å². The van der Waals surface area contributed by atoms with Crippen molar-refractivity contribution in [2.75, 3.05) is 18.5 Å². The molecule has 1 saturated heterocycles. The summed E-state index contributed by atoms with van der Waals surface area (Å²) in [6.45, 7) is 7.32. The van der Waals surface area contributed by atoms with Gasteiger partial charge in [0.2, 0.25) is 0 Å². The molecule has 2 aliphatic rings. The number of unbranched alkanes of at least 4 members (excludes halogenated alkanes) is 1. The smallest absolute Gasteiger partial charge is 0.266 e. The summed E-state index contributed by atoms with van der Waals surface area (Å²) >= 11 is 6.85. The fourth-order valence-electron chi connectivity index (χ4n) is 4.32. The lowest BCUT2D eigenvalue weighted by atomic mass is 9.82. The molecule has 1 fully saturated rings. The molecule has 5 heteroatoms. The average molecular weight is 449 g/mol. The van der Waals surface area contributed by atoms with Gasteiger partial charge in [-0.3, -0.25) is 9.69 Å². The Balaban J connectivity index is 1.65. The van der Waals surface area contributed by atoms with Gasteiger partial charge in [-0.25, -0.2) is 0 Å². The van der Waals surface area contributed by atoms with Crippen LogP contribution < -0.4 is 4.90 Å². The number of thioether (sulfide) groups is 1. The van der Waals surface area contributed by atoms with Crippen LogP contribution in [0.1, 0.15) is 39.2 Å². The molecule has 31 heavy (non-hydrogen) atoms. The number of amides is 1. The molecule has 4 rings (SSSR count). The topological polar surface area (TPSA) is 23.6 Å². The number of thiocarbonyl (C=S) groups is 1. The first-order valence-electron chi connectivity index (χ1n) is 10.7. The van der Waals surface area contributed by atoms with E-state index in [1.54, 1.807) is 4.90 Å². The van der Waals surface area contributed by atoms with Crippen LogP contribution in [0.15, 0.2) is 71.3 Å². The summed E-state index contributed by atoms with van der Waals surface area (Å²) in [4.78, 5) is 17.5. The van der Waals surface area contributed by atoms with E-state index >= 15 is 0 Å². The van der Waals surface area contributed by atoms with Crippen LogP contribution in [-0.2, 0) is 10.2 Å². The minimum absolute atomic E-state index is 0.0302. The van der Waals surface area contributed by atoms with Crippen molar-refractivity contribution in [3.63, 3.8) is 0 Å². The quantitative estimate of drug-likeness (QED) is 0.384. The SMILES string of the molecule is CCCCN1C(=O)/C(=C\C=C2\N(C)c3ccc(-c4ccccc4)cc3C2(C)C)SC1=S. The second-order valence-electron chi connectivity index (χ2n) is 8.54. The molecule has 2 aromatic rings. The van der Waals surface area contributed by atoms with E-state index in [1.165, 1.54) is 39.8 Å². The van der Waals surface area contributed by atoms with Crippen LogP contribution in [0.4, 0.5) is 5.69 Å². The first kappa shape index (κ1) is 21.8. The zero-order valence-electron chi connectivity index (χ0n) is 18.5. The number of likely N-dealkylation sites (N-methyl/N-ethyl adjacent to an activating group) is 1. The Labute approximate surface area is 194 Å². The Kier molecular flexibility index (Phi) is 6.09. The van der Waals surface area contributed by atoms with Crippen molar-refractivity contribution in [3.8, 4) is 11.1 Å². The van der Waals surface area contributed by atoms with Crippen LogP contribution in [0.5, 0.6) is 0 Å². The van der Waals surface area contributed by atoms with Crippen LogP contribution in [0.25, 0.3) is 11.1 Å². The molecule has 0 aliphatic carbocycles. The minimum Gasteiger partial charge on any atom is -0.347 e. The van der Waals surface area contributed by atoms with Crippen molar-refractivity contribution in [1.29, 1.82) is 0 Å². The molecule has 0 bridgehead atoms. The maximum absolute atomic E-state index is 12.8. The highest BCUT2D eigenvalue weighted by atomic mass is 32.2. The molecule has 0 saturated carbocycles. The van der Waals surface area contributed by atoms with E-state index in [2.05, 4.69) is 81.3 Å². The van der Waals surface area contributed by atoms with Crippen LogP contribution >= 0.6 is 24.0 Å². The molecule has 2 heterocycles. The molecule has 3 nitrogen and oxygen atoms in total. The van der Waals surface area contributed by atoms with E-state index in [9.17, 15) is 4.79 Å². The van der Waals surface area contributed by atoms with Crippen LogP contribution in [0.3, 0.4) is 0 Å². The maximum Gasteiger partial charge on any atom is 0.266 e. The first-order valence-corrected chi connectivity index (χ1v) is 12.0. The lowest BCUT2D eigenvalue weighted by Crippen LogP contribution is -2.28. The lowest BCUT2D eigenvalue weighted by molar-refractivity contribution is -0.122. The van der Waals surface area contributed by atoms with Crippen LogP contribution in [-0.4, -0.2) is 28.7 Å². The van der Waals surface area contributed by atoms with Crippen molar-refractivity contribution in [3.05, 3.63) is 76.8 Å². The Hall–Kier alpha value is -2.37. The van der Waals surface area contributed by atoms with Gasteiger partial charge in [-0.05, 0) is 47.4 Å². The fraction of sp³-hybridized carbons (Fsp3) is 0.308. The molecular weight excluding hydrogens is 420 g/mol. The summed E-state index contributed by atoms with van der Waals surface area (Å²) in [6.07, 6.45) is 6.05. The molecule has 0 unspecified atom stereocenters. The molecule has 0 N–H and O–H groups in total. The van der Waals surface area contributed by atoms with Gasteiger partial charge in [0.15, 0.2) is 0 Å². The zero-order chi connectivity index (χ0) is 22.2. The fourth-order valence-corrected chi connectivity index (χ4v) is 5.57. The van der Waals surface area contributed by atoms with E-state index < -0.39 is 0 Å². The predicted molar refractivity (Wildman–Crippen MR) is 136 cm³/mol. The normalized spacial score (nSPS) is 20.3. The van der Waals surface area contributed by atoms with E-state index in [-0.39, 0.29) is 11.3 Å². The van der Waals surface area contributed by atoms with Crippen molar-refractivity contribution in [1.82, 2.24) is 4.90 Å². The summed E-state index contributed by atoms with van der Waals surface area (Å²) in [5.74, 6) is 0.0302. The monoisotopic (exact) mass is 448 g/mol. The van der Waals surface area contributed by atoms with Gasteiger partial charge in [-0.15, -0.1) is 0 Å². The maximum atomic E-state index is 12.8. The minimum atomic E-state index is -0.166. The third-order valence-electron chi connectivity index (χ3n) is 6.14. The lowest BCUT2D eigenvalue weighted by Gasteiger charge is -2.24. The van der Waals surface area contributed by atoms with Gasteiger partial charge in [-0.2, -0.15) is 0 Å². The molecule has 0 spiro atoms. The van der Waals surface area contributed by atoms with Crippen molar-refractivity contribution < 1.29 is 4.79 Å². The summed E-state index contributed by atoms with van der Waals surface area (Å²) in [5, 5.41) is 0. The van der Waals surface area contributed by atoms with Gasteiger partial charge in [-0.1, -0.05) is 87.6 Å². The largest absolute Gasteiger partial charge is 0.347 e. The number of nitrogens with zero attached hydrogens (tertiary/aromatic N) is 2. The Bertz CT molecular complexity index is 1090. The number of allylic oxidation sites excluding steroid dienone is 3. The Morgan fingerprint density at radius 1 is 1.06 bits per heavy atom. The zero-order valence-corrected chi connectivity index (χ0v) is 20.1. The number of hydrogen-bond donors (Lipinski definition) is 0. The highest BCUT2D eigenvalue weighted by Gasteiger charge is 2.39. The molecule has 2 aliphatic heterocycles. The van der Waals surface area contributed by atoms with Crippen LogP contribution in [0.2, 0.25) is 0 Å². The van der Waals surface area contributed by atoms with Gasteiger partial charge in [0.25, 0.3) is 5.91 Å². The van der Waals surface area contributed by atoms with Gasteiger partial charge >= 0.3 is 0 Å². The Morgan fingerprint density at radius 2 is 1.81 bits per heavy atom. The second-order valence-corrected chi connectivity index (χ2v) is 10.2. The number of carbonyl (C=O) groups is 1. The molecule has 0 radical (unpaired) electrons. The van der Waals surface area contributed by atoms with Gasteiger partial charge in [0.1, 0.15) is 4.32 Å². The molecule has 2 aromatic carbocycles. The number of rotatable bonds is 5. The number of carbonyl (C=O) groups excluding carboxylic acids is 1. The molecule has 0 aromatic heterocycles. The molecular formula is C26H28N2OS2. The number of fused-ring (bicyclic) bond motifs is 1. The van der Waals surface area contributed by atoms with E-state index in [0.717, 1.165) is 12.8 Å². The predicted octanol–water partition coefficient (Wildman–Crippen LogP) is 6.51. The first-order chi connectivity index (χ1) is 14.8. The number of benzene rings is 2. The highest BCUT2D eigenvalue weighted by molar-refractivity contribution is 8.26. The summed E-state index contributed by atoms with van der Waals surface area (Å²) < 4.78 is 0.665. The standard InChI is InChI=1S/C26H28N2OS2/c1-5-6-16-28-24(29)22(31-25(28)30)14-15-23-26(2,3)20-17-19(12-13-21(20)27(23)4)18-10-8-7-9-11-18/h7-15,17H,5-6,16H2,1-4H3/b22-14+,23-15+. The highest BCUT2D eigenvalue weighted by Crippen LogP contribution is 2.48. The summed E-state index contributed by atoms with van der Waals surface area (Å²) in [6, 6.07) is 17.2. The number of anilines is 1. The Morgan fingerprint density at radius 3 is 2.52 bits per heavy atom. The molecule has 0 atom stereocenters. The van der Waals surface area contributed by atoms with E-state index in [0.29, 0.717) is 15.8 Å².